The molecule has 1 saturated carbocycles. The highest BCUT2D eigenvalue weighted by molar-refractivity contribution is 7.99. The molecule has 4 nitrogen and oxygen atoms in total. The third-order valence-electron chi connectivity index (χ3n) is 6.03. The van der Waals surface area contributed by atoms with E-state index in [1.807, 2.05) is 34.9 Å². The maximum absolute atomic E-state index is 13.3. The van der Waals surface area contributed by atoms with Crippen LogP contribution in [0.15, 0.2) is 30.3 Å². The number of nitrogens with zero attached hydrogens (tertiary/aromatic N) is 1. The van der Waals surface area contributed by atoms with Crippen molar-refractivity contribution in [3.63, 3.8) is 0 Å². The normalized spacial score (nSPS) is 26.3. The van der Waals surface area contributed by atoms with Crippen LogP contribution in [0.25, 0.3) is 0 Å². The maximum atomic E-state index is 13.3. The Bertz CT molecular complexity index is 636. The molecule has 3 aliphatic rings. The number of rotatable bonds is 4. The molecule has 1 aromatic carbocycles. The molecule has 0 spiro atoms. The number of hydrogen-bond acceptors (Lipinski definition) is 3. The van der Waals surface area contributed by atoms with Crippen molar-refractivity contribution in [1.82, 2.24) is 10.2 Å². The molecule has 2 heterocycles. The van der Waals surface area contributed by atoms with E-state index >= 15 is 0 Å². The summed E-state index contributed by atoms with van der Waals surface area (Å²) in [7, 11) is 0. The van der Waals surface area contributed by atoms with Crippen molar-refractivity contribution in [2.45, 2.75) is 62.6 Å². The van der Waals surface area contributed by atoms with E-state index < -0.39 is 5.54 Å². The van der Waals surface area contributed by atoms with Crippen LogP contribution in [0.1, 0.15) is 56.6 Å². The van der Waals surface area contributed by atoms with Gasteiger partial charge in [0.05, 0.1) is 12.5 Å². The Balaban J connectivity index is 1.61. The van der Waals surface area contributed by atoms with Gasteiger partial charge in [0, 0.05) is 6.04 Å². The number of hydrogen-bond donors (Lipinski definition) is 1. The second kappa shape index (κ2) is 7.02. The van der Waals surface area contributed by atoms with Gasteiger partial charge < -0.3 is 10.2 Å². The number of likely N-dealkylation sites (tertiary alicyclic amines) is 1. The lowest BCUT2D eigenvalue weighted by Crippen LogP contribution is -2.68. The summed E-state index contributed by atoms with van der Waals surface area (Å²) >= 11 is 1.89. The molecule has 3 fully saturated rings. The molecule has 134 valence electrons. The largest absolute Gasteiger partial charge is 0.351 e. The fourth-order valence-corrected chi connectivity index (χ4v) is 5.74. The monoisotopic (exact) mass is 358 g/mol. The van der Waals surface area contributed by atoms with Crippen LogP contribution in [0, 0.1) is 0 Å². The van der Waals surface area contributed by atoms with E-state index in [2.05, 4.69) is 17.4 Å². The zero-order chi connectivity index (χ0) is 17.3. The Kier molecular flexibility index (Phi) is 4.76. The lowest BCUT2D eigenvalue weighted by atomic mass is 9.80. The van der Waals surface area contributed by atoms with Crippen LogP contribution in [0.3, 0.4) is 0 Å². The van der Waals surface area contributed by atoms with E-state index in [0.717, 1.165) is 42.8 Å². The summed E-state index contributed by atoms with van der Waals surface area (Å²) in [5, 5.41) is 3.29. The molecule has 0 radical (unpaired) electrons. The fraction of sp³-hybridized carbons (Fsp3) is 0.600. The van der Waals surface area contributed by atoms with Gasteiger partial charge in [-0.05, 0) is 42.8 Å². The SMILES string of the molecule is O=C1CC(c2ccccc2)N1C1(C(=O)NC2CCCC2)CCSCC1. The number of carbonyl (C=O) groups is 2. The van der Waals surface area contributed by atoms with Gasteiger partial charge in [0.15, 0.2) is 0 Å². The highest BCUT2D eigenvalue weighted by Gasteiger charge is 2.55. The summed E-state index contributed by atoms with van der Waals surface area (Å²) < 4.78 is 0. The van der Waals surface area contributed by atoms with Crippen LogP contribution in [-0.4, -0.2) is 39.8 Å². The molecular formula is C20H26N2O2S. The van der Waals surface area contributed by atoms with Gasteiger partial charge in [0.1, 0.15) is 5.54 Å². The Morgan fingerprint density at radius 3 is 2.44 bits per heavy atom. The Morgan fingerprint density at radius 2 is 1.80 bits per heavy atom. The summed E-state index contributed by atoms with van der Waals surface area (Å²) in [6, 6.07) is 10.5. The van der Waals surface area contributed by atoms with Gasteiger partial charge in [0.2, 0.25) is 11.8 Å². The Labute approximate surface area is 153 Å². The zero-order valence-electron chi connectivity index (χ0n) is 14.6. The molecule has 4 rings (SSSR count). The number of thioether (sulfide) groups is 1. The summed E-state index contributed by atoms with van der Waals surface area (Å²) in [4.78, 5) is 27.8. The molecule has 2 aliphatic heterocycles. The lowest BCUT2D eigenvalue weighted by Gasteiger charge is -2.54. The minimum absolute atomic E-state index is 0.0473. The van der Waals surface area contributed by atoms with Gasteiger partial charge in [-0.15, -0.1) is 0 Å². The molecule has 2 amide bonds. The predicted octanol–water partition coefficient (Wildman–Crippen LogP) is 3.28. The standard InChI is InChI=1S/C20H26N2O2S/c23-18-14-17(15-6-2-1-3-7-15)22(18)20(10-12-25-13-11-20)19(24)21-16-8-4-5-9-16/h1-3,6-7,16-17H,4-5,8-14H2,(H,21,24). The topological polar surface area (TPSA) is 49.4 Å². The average Bonchev–Trinajstić information content (AvgIpc) is 3.14. The summed E-state index contributed by atoms with van der Waals surface area (Å²) in [6.07, 6.45) is 6.61. The number of carbonyl (C=O) groups excluding carboxylic acids is 2. The molecule has 1 N–H and O–H groups in total. The molecule has 1 unspecified atom stereocenters. The van der Waals surface area contributed by atoms with Crippen LogP contribution in [0.4, 0.5) is 0 Å². The first-order valence-electron chi connectivity index (χ1n) is 9.46. The maximum Gasteiger partial charge on any atom is 0.246 e. The number of β-lactam (4-membered cyclic amide) rings is 1. The summed E-state index contributed by atoms with van der Waals surface area (Å²) in [6.45, 7) is 0. The third kappa shape index (κ3) is 3.07. The van der Waals surface area contributed by atoms with Crippen molar-refractivity contribution in [3.05, 3.63) is 35.9 Å². The van der Waals surface area contributed by atoms with Gasteiger partial charge >= 0.3 is 0 Å². The number of amides is 2. The molecule has 1 aliphatic carbocycles. The lowest BCUT2D eigenvalue weighted by molar-refractivity contribution is -0.166. The second-order valence-electron chi connectivity index (χ2n) is 7.49. The average molecular weight is 359 g/mol. The van der Waals surface area contributed by atoms with E-state index in [4.69, 9.17) is 0 Å². The van der Waals surface area contributed by atoms with E-state index in [1.165, 1.54) is 12.8 Å². The van der Waals surface area contributed by atoms with E-state index in [-0.39, 0.29) is 17.9 Å². The molecule has 1 atom stereocenters. The molecule has 2 saturated heterocycles. The van der Waals surface area contributed by atoms with Crippen LogP contribution in [0.5, 0.6) is 0 Å². The first-order valence-corrected chi connectivity index (χ1v) is 10.6. The van der Waals surface area contributed by atoms with Gasteiger partial charge in [0.25, 0.3) is 0 Å². The Hall–Kier alpha value is -1.49. The van der Waals surface area contributed by atoms with Crippen molar-refractivity contribution in [2.75, 3.05) is 11.5 Å². The number of nitrogens with one attached hydrogen (secondary N) is 1. The number of benzene rings is 1. The molecule has 0 aromatic heterocycles. The summed E-state index contributed by atoms with van der Waals surface area (Å²) in [5.41, 5.74) is 0.498. The predicted molar refractivity (Wildman–Crippen MR) is 100 cm³/mol. The molecule has 5 heteroatoms. The van der Waals surface area contributed by atoms with Crippen molar-refractivity contribution in [3.8, 4) is 0 Å². The quantitative estimate of drug-likeness (QED) is 0.841. The highest BCUT2D eigenvalue weighted by Crippen LogP contribution is 2.46. The van der Waals surface area contributed by atoms with Crippen LogP contribution < -0.4 is 5.32 Å². The summed E-state index contributed by atoms with van der Waals surface area (Å²) in [5.74, 6) is 2.11. The van der Waals surface area contributed by atoms with E-state index in [0.29, 0.717) is 12.5 Å². The van der Waals surface area contributed by atoms with Crippen LogP contribution >= 0.6 is 11.8 Å². The van der Waals surface area contributed by atoms with E-state index in [9.17, 15) is 9.59 Å². The third-order valence-corrected chi connectivity index (χ3v) is 7.01. The minimum atomic E-state index is -0.649. The van der Waals surface area contributed by atoms with E-state index in [1.54, 1.807) is 0 Å². The van der Waals surface area contributed by atoms with Gasteiger partial charge in [-0.3, -0.25) is 9.59 Å². The second-order valence-corrected chi connectivity index (χ2v) is 8.72. The zero-order valence-corrected chi connectivity index (χ0v) is 15.4. The Morgan fingerprint density at radius 1 is 1.12 bits per heavy atom. The smallest absolute Gasteiger partial charge is 0.246 e. The van der Waals surface area contributed by atoms with Gasteiger partial charge in [-0.1, -0.05) is 43.2 Å². The first kappa shape index (κ1) is 17.0. The van der Waals surface area contributed by atoms with Crippen molar-refractivity contribution >= 4 is 23.6 Å². The van der Waals surface area contributed by atoms with Crippen LogP contribution in [-0.2, 0) is 9.59 Å². The van der Waals surface area contributed by atoms with Gasteiger partial charge in [-0.2, -0.15) is 11.8 Å². The molecule has 0 bridgehead atoms. The van der Waals surface area contributed by atoms with Gasteiger partial charge in [-0.25, -0.2) is 0 Å². The van der Waals surface area contributed by atoms with Crippen molar-refractivity contribution in [2.24, 2.45) is 0 Å². The highest BCUT2D eigenvalue weighted by atomic mass is 32.2. The molecule has 25 heavy (non-hydrogen) atoms. The molecular weight excluding hydrogens is 332 g/mol. The van der Waals surface area contributed by atoms with Crippen LogP contribution in [0.2, 0.25) is 0 Å². The minimum Gasteiger partial charge on any atom is -0.351 e. The van der Waals surface area contributed by atoms with Crippen molar-refractivity contribution in [1.29, 1.82) is 0 Å². The first-order chi connectivity index (χ1) is 12.2. The van der Waals surface area contributed by atoms with Crippen molar-refractivity contribution < 1.29 is 9.59 Å². The molecule has 1 aromatic rings. The fourth-order valence-electron chi connectivity index (χ4n) is 4.57.